The van der Waals surface area contributed by atoms with Crippen LogP contribution in [0.15, 0.2) is 57.9 Å². The van der Waals surface area contributed by atoms with Crippen molar-refractivity contribution < 1.29 is 13.2 Å². The number of benzene rings is 2. The van der Waals surface area contributed by atoms with E-state index < -0.39 is 10.0 Å². The molecule has 0 saturated carbocycles. The molecule has 1 fully saturated rings. The summed E-state index contributed by atoms with van der Waals surface area (Å²) in [4.78, 5) is 12.6. The van der Waals surface area contributed by atoms with Crippen LogP contribution in [0.1, 0.15) is 43.4 Å². The van der Waals surface area contributed by atoms with Crippen LogP contribution in [-0.2, 0) is 21.2 Å². The quantitative estimate of drug-likeness (QED) is 0.671. The standard InChI is InChI=1S/C21H25BrN2O3S/c1-16(18-5-4-6-19(22)15-18)23-21(25)12-9-17-7-10-20(11-8-17)28(26,27)24-13-2-3-14-24/h4-8,10-11,15-16H,2-3,9,12-14H2,1H3,(H,23,25)/t16-/m0/s1. The molecule has 150 valence electrons. The van der Waals surface area contributed by atoms with Crippen molar-refractivity contribution in [2.45, 2.75) is 43.5 Å². The Morgan fingerprint density at radius 2 is 1.82 bits per heavy atom. The minimum Gasteiger partial charge on any atom is -0.350 e. The van der Waals surface area contributed by atoms with Gasteiger partial charge in [0.15, 0.2) is 0 Å². The molecule has 1 heterocycles. The first-order valence-corrected chi connectivity index (χ1v) is 11.7. The number of carbonyl (C=O) groups is 1. The molecule has 0 aromatic heterocycles. The zero-order chi connectivity index (χ0) is 20.1. The first-order valence-electron chi connectivity index (χ1n) is 9.50. The fourth-order valence-electron chi connectivity index (χ4n) is 3.34. The number of sulfonamides is 1. The Hall–Kier alpha value is -1.70. The van der Waals surface area contributed by atoms with Crippen LogP contribution >= 0.6 is 15.9 Å². The van der Waals surface area contributed by atoms with Gasteiger partial charge in [-0.3, -0.25) is 4.79 Å². The largest absolute Gasteiger partial charge is 0.350 e. The maximum atomic E-state index is 12.6. The van der Waals surface area contributed by atoms with Crippen LogP contribution in [0.2, 0.25) is 0 Å². The summed E-state index contributed by atoms with van der Waals surface area (Å²) in [5.74, 6) is -0.0266. The third-order valence-electron chi connectivity index (χ3n) is 4.99. The lowest BCUT2D eigenvalue weighted by Gasteiger charge is -2.16. The van der Waals surface area contributed by atoms with Gasteiger partial charge in [0.25, 0.3) is 0 Å². The molecule has 0 bridgehead atoms. The SMILES string of the molecule is C[C@H](NC(=O)CCc1ccc(S(=O)(=O)N2CCCC2)cc1)c1cccc(Br)c1. The summed E-state index contributed by atoms with van der Waals surface area (Å²) in [6, 6.07) is 14.7. The van der Waals surface area contributed by atoms with Gasteiger partial charge in [0.2, 0.25) is 15.9 Å². The first kappa shape index (κ1) is 21.0. The molecule has 2 aromatic rings. The molecule has 1 N–H and O–H groups in total. The van der Waals surface area contributed by atoms with Crippen LogP contribution in [-0.4, -0.2) is 31.7 Å². The number of halogens is 1. The Bertz CT molecular complexity index is 923. The maximum absolute atomic E-state index is 12.6. The molecule has 1 aliphatic rings. The second-order valence-electron chi connectivity index (χ2n) is 7.10. The lowest BCUT2D eigenvalue weighted by Crippen LogP contribution is -2.27. The molecule has 0 radical (unpaired) electrons. The van der Waals surface area contributed by atoms with Crippen molar-refractivity contribution in [2.24, 2.45) is 0 Å². The number of nitrogens with zero attached hydrogens (tertiary/aromatic N) is 1. The molecule has 2 aromatic carbocycles. The second-order valence-corrected chi connectivity index (χ2v) is 9.95. The molecule has 1 amide bonds. The summed E-state index contributed by atoms with van der Waals surface area (Å²) < 4.78 is 27.6. The summed E-state index contributed by atoms with van der Waals surface area (Å²) >= 11 is 3.44. The summed E-state index contributed by atoms with van der Waals surface area (Å²) in [5.41, 5.74) is 1.99. The van der Waals surface area contributed by atoms with Crippen LogP contribution < -0.4 is 5.32 Å². The highest BCUT2D eigenvalue weighted by molar-refractivity contribution is 9.10. The van der Waals surface area contributed by atoms with Gasteiger partial charge in [-0.2, -0.15) is 4.31 Å². The summed E-state index contributed by atoms with van der Waals surface area (Å²) in [5, 5.41) is 3.00. The Kier molecular flexibility index (Phi) is 6.91. The summed E-state index contributed by atoms with van der Waals surface area (Å²) in [7, 11) is -3.39. The number of rotatable bonds is 7. The number of nitrogens with one attached hydrogen (secondary N) is 1. The molecule has 5 nitrogen and oxygen atoms in total. The van der Waals surface area contributed by atoms with Gasteiger partial charge in [-0.25, -0.2) is 8.42 Å². The Balaban J connectivity index is 1.54. The predicted molar refractivity (Wildman–Crippen MR) is 113 cm³/mol. The molecule has 7 heteroatoms. The number of hydrogen-bond acceptors (Lipinski definition) is 3. The van der Waals surface area contributed by atoms with Crippen LogP contribution in [0.3, 0.4) is 0 Å². The fraction of sp³-hybridized carbons (Fsp3) is 0.381. The van der Waals surface area contributed by atoms with E-state index in [2.05, 4.69) is 21.2 Å². The van der Waals surface area contributed by atoms with E-state index >= 15 is 0 Å². The Morgan fingerprint density at radius 3 is 2.46 bits per heavy atom. The normalized spacial score (nSPS) is 16.1. The third-order valence-corrected chi connectivity index (χ3v) is 7.40. The minimum absolute atomic E-state index is 0.0266. The molecule has 1 aliphatic heterocycles. The van der Waals surface area contributed by atoms with Crippen molar-refractivity contribution in [3.63, 3.8) is 0 Å². The molecular formula is C21H25BrN2O3S. The van der Waals surface area contributed by atoms with Gasteiger partial charge >= 0.3 is 0 Å². The van der Waals surface area contributed by atoms with Crippen molar-refractivity contribution in [2.75, 3.05) is 13.1 Å². The fourth-order valence-corrected chi connectivity index (χ4v) is 5.27. The van der Waals surface area contributed by atoms with E-state index in [4.69, 9.17) is 0 Å². The summed E-state index contributed by atoms with van der Waals surface area (Å²) in [6.45, 7) is 3.15. The van der Waals surface area contributed by atoms with E-state index in [-0.39, 0.29) is 11.9 Å². The molecular weight excluding hydrogens is 440 g/mol. The van der Waals surface area contributed by atoms with Crippen molar-refractivity contribution in [3.8, 4) is 0 Å². The smallest absolute Gasteiger partial charge is 0.243 e. The molecule has 1 atom stereocenters. The van der Waals surface area contributed by atoms with Gasteiger partial charge in [0, 0.05) is 24.0 Å². The van der Waals surface area contributed by atoms with E-state index in [9.17, 15) is 13.2 Å². The van der Waals surface area contributed by atoms with Crippen molar-refractivity contribution in [1.82, 2.24) is 9.62 Å². The molecule has 0 unspecified atom stereocenters. The van der Waals surface area contributed by atoms with Gasteiger partial charge in [-0.15, -0.1) is 0 Å². The maximum Gasteiger partial charge on any atom is 0.243 e. The molecule has 0 aliphatic carbocycles. The average Bonchev–Trinajstić information content (AvgIpc) is 3.22. The van der Waals surface area contributed by atoms with E-state index in [1.165, 1.54) is 0 Å². The zero-order valence-corrected chi connectivity index (χ0v) is 18.3. The van der Waals surface area contributed by atoms with Gasteiger partial charge in [-0.1, -0.05) is 40.2 Å². The minimum atomic E-state index is -3.39. The zero-order valence-electron chi connectivity index (χ0n) is 15.9. The average molecular weight is 465 g/mol. The molecule has 28 heavy (non-hydrogen) atoms. The number of hydrogen-bond donors (Lipinski definition) is 1. The van der Waals surface area contributed by atoms with E-state index in [0.717, 1.165) is 28.4 Å². The number of carbonyl (C=O) groups excluding carboxylic acids is 1. The first-order chi connectivity index (χ1) is 13.4. The highest BCUT2D eigenvalue weighted by Crippen LogP contribution is 2.22. The second kappa shape index (κ2) is 9.20. The van der Waals surface area contributed by atoms with Crippen LogP contribution in [0.4, 0.5) is 0 Å². The molecule has 3 rings (SSSR count). The Labute approximate surface area is 175 Å². The van der Waals surface area contributed by atoms with Crippen molar-refractivity contribution in [3.05, 3.63) is 64.1 Å². The topological polar surface area (TPSA) is 66.5 Å². The molecule has 1 saturated heterocycles. The third kappa shape index (κ3) is 5.21. The predicted octanol–water partition coefficient (Wildman–Crippen LogP) is 4.04. The van der Waals surface area contributed by atoms with E-state index in [1.807, 2.05) is 31.2 Å². The van der Waals surface area contributed by atoms with E-state index in [0.29, 0.717) is 30.8 Å². The van der Waals surface area contributed by atoms with Gasteiger partial charge in [0.05, 0.1) is 10.9 Å². The summed E-state index contributed by atoms with van der Waals surface area (Å²) in [6.07, 6.45) is 2.77. The van der Waals surface area contributed by atoms with Crippen LogP contribution in [0.5, 0.6) is 0 Å². The lowest BCUT2D eigenvalue weighted by molar-refractivity contribution is -0.121. The monoisotopic (exact) mass is 464 g/mol. The number of amides is 1. The highest BCUT2D eigenvalue weighted by Gasteiger charge is 2.26. The van der Waals surface area contributed by atoms with E-state index in [1.54, 1.807) is 28.6 Å². The number of aryl methyl sites for hydroxylation is 1. The highest BCUT2D eigenvalue weighted by atomic mass is 79.9. The van der Waals surface area contributed by atoms with Crippen LogP contribution in [0.25, 0.3) is 0 Å². The Morgan fingerprint density at radius 1 is 1.14 bits per heavy atom. The van der Waals surface area contributed by atoms with Crippen molar-refractivity contribution >= 4 is 31.9 Å². The van der Waals surface area contributed by atoms with Crippen molar-refractivity contribution in [1.29, 1.82) is 0 Å². The van der Waals surface area contributed by atoms with Crippen LogP contribution in [0, 0.1) is 0 Å². The molecule has 0 spiro atoms. The van der Waals surface area contributed by atoms with Gasteiger partial charge < -0.3 is 5.32 Å². The van der Waals surface area contributed by atoms with Gasteiger partial charge in [0.1, 0.15) is 0 Å². The van der Waals surface area contributed by atoms with Gasteiger partial charge in [-0.05, 0) is 61.6 Å². The lowest BCUT2D eigenvalue weighted by atomic mass is 10.1.